The van der Waals surface area contributed by atoms with Gasteiger partial charge in [-0.15, -0.1) is 0 Å². The molecule has 0 unspecified atom stereocenters. The van der Waals surface area contributed by atoms with E-state index in [1.54, 1.807) is 25.1 Å². The first-order chi connectivity index (χ1) is 15.4. The summed E-state index contributed by atoms with van der Waals surface area (Å²) >= 11 is 0. The number of furan rings is 1. The van der Waals surface area contributed by atoms with Crippen molar-refractivity contribution in [3.05, 3.63) is 59.9 Å². The van der Waals surface area contributed by atoms with E-state index in [-0.39, 0.29) is 29.4 Å². The molecule has 2 aromatic carbocycles. The average molecular weight is 458 g/mol. The van der Waals surface area contributed by atoms with E-state index in [0.29, 0.717) is 24.4 Å². The summed E-state index contributed by atoms with van der Waals surface area (Å²) in [6, 6.07) is 13.1. The topological polar surface area (TPSA) is 115 Å². The Kier molecular flexibility index (Phi) is 6.26. The minimum atomic E-state index is -3.70. The van der Waals surface area contributed by atoms with E-state index in [4.69, 9.17) is 13.9 Å². The molecule has 1 aliphatic heterocycles. The van der Waals surface area contributed by atoms with Crippen LogP contribution in [0.15, 0.2) is 57.8 Å². The van der Waals surface area contributed by atoms with Gasteiger partial charge < -0.3 is 19.2 Å². The minimum absolute atomic E-state index is 0.0394. The van der Waals surface area contributed by atoms with Crippen LogP contribution in [0.2, 0.25) is 0 Å². The number of carbonyl (C=O) groups excluding carboxylic acids is 2. The van der Waals surface area contributed by atoms with Gasteiger partial charge in [0.15, 0.2) is 6.61 Å². The molecule has 0 atom stereocenters. The molecule has 1 aromatic heterocycles. The molecule has 1 aliphatic rings. The van der Waals surface area contributed by atoms with Crippen molar-refractivity contribution in [1.82, 2.24) is 4.31 Å². The Morgan fingerprint density at radius 1 is 1.09 bits per heavy atom. The summed E-state index contributed by atoms with van der Waals surface area (Å²) in [4.78, 5) is 24.7. The number of carbonyl (C=O) groups is 2. The Morgan fingerprint density at radius 2 is 1.84 bits per heavy atom. The Labute approximate surface area is 184 Å². The van der Waals surface area contributed by atoms with Crippen molar-refractivity contribution >= 4 is 38.6 Å². The quantitative estimate of drug-likeness (QED) is 0.565. The molecule has 1 fully saturated rings. The number of nitrogens with one attached hydrogen (secondary N) is 1. The van der Waals surface area contributed by atoms with Crippen molar-refractivity contribution in [2.75, 3.05) is 38.2 Å². The van der Waals surface area contributed by atoms with Gasteiger partial charge in [0.2, 0.25) is 15.8 Å². The highest BCUT2D eigenvalue weighted by molar-refractivity contribution is 7.89. The number of benzene rings is 2. The fourth-order valence-corrected chi connectivity index (χ4v) is 4.89. The van der Waals surface area contributed by atoms with Gasteiger partial charge in [0.25, 0.3) is 5.91 Å². The first-order valence-corrected chi connectivity index (χ1v) is 11.4. The van der Waals surface area contributed by atoms with Crippen LogP contribution >= 0.6 is 0 Å². The number of rotatable bonds is 6. The number of morpholine rings is 1. The second-order valence-corrected chi connectivity index (χ2v) is 9.16. The monoisotopic (exact) mass is 458 g/mol. The number of para-hydroxylation sites is 1. The summed E-state index contributed by atoms with van der Waals surface area (Å²) in [5.41, 5.74) is 1.46. The lowest BCUT2D eigenvalue weighted by Gasteiger charge is -2.26. The first kappa shape index (κ1) is 22.0. The van der Waals surface area contributed by atoms with E-state index in [9.17, 15) is 18.0 Å². The van der Waals surface area contributed by atoms with Crippen molar-refractivity contribution in [3.63, 3.8) is 0 Å². The van der Waals surface area contributed by atoms with Crippen LogP contribution in [-0.4, -0.2) is 57.5 Å². The molecule has 0 saturated carbocycles. The van der Waals surface area contributed by atoms with E-state index < -0.39 is 28.5 Å². The number of esters is 1. The number of nitrogens with zero attached hydrogens (tertiary/aromatic N) is 1. The third kappa shape index (κ3) is 4.52. The lowest BCUT2D eigenvalue weighted by molar-refractivity contribution is -0.119. The van der Waals surface area contributed by atoms with Gasteiger partial charge in [0, 0.05) is 29.7 Å². The van der Waals surface area contributed by atoms with Crippen molar-refractivity contribution in [2.24, 2.45) is 0 Å². The standard InChI is InChI=1S/C22H22N2O7S/c1-15-18-7-2-3-8-19(18)31-21(15)22(26)30-14-20(25)23-16-5-4-6-17(13-16)32(27,28)24-9-11-29-12-10-24/h2-8,13H,9-12,14H2,1H3,(H,23,25). The van der Waals surface area contributed by atoms with E-state index in [1.165, 1.54) is 22.5 Å². The number of anilines is 1. The zero-order valence-corrected chi connectivity index (χ0v) is 18.2. The number of fused-ring (bicyclic) bond motifs is 1. The highest BCUT2D eigenvalue weighted by Gasteiger charge is 2.26. The highest BCUT2D eigenvalue weighted by Crippen LogP contribution is 2.25. The van der Waals surface area contributed by atoms with Gasteiger partial charge in [-0.25, -0.2) is 13.2 Å². The molecule has 1 amide bonds. The molecule has 1 saturated heterocycles. The molecular weight excluding hydrogens is 436 g/mol. The Hall–Kier alpha value is -3.21. The van der Waals surface area contributed by atoms with Gasteiger partial charge in [-0.2, -0.15) is 4.31 Å². The van der Waals surface area contributed by atoms with E-state index in [2.05, 4.69) is 5.32 Å². The van der Waals surface area contributed by atoms with Crippen LogP contribution in [0.4, 0.5) is 5.69 Å². The molecule has 0 radical (unpaired) electrons. The molecule has 1 N–H and O–H groups in total. The average Bonchev–Trinajstić information content (AvgIpc) is 3.15. The maximum atomic E-state index is 12.8. The van der Waals surface area contributed by atoms with Crippen LogP contribution in [0.25, 0.3) is 11.0 Å². The predicted octanol–water partition coefficient (Wildman–Crippen LogP) is 2.56. The smallest absolute Gasteiger partial charge is 0.375 e. The molecule has 168 valence electrons. The number of hydrogen-bond donors (Lipinski definition) is 1. The molecule has 32 heavy (non-hydrogen) atoms. The number of hydrogen-bond acceptors (Lipinski definition) is 7. The lowest BCUT2D eigenvalue weighted by Crippen LogP contribution is -2.40. The maximum Gasteiger partial charge on any atom is 0.375 e. The predicted molar refractivity (Wildman–Crippen MR) is 116 cm³/mol. The minimum Gasteiger partial charge on any atom is -0.450 e. The summed E-state index contributed by atoms with van der Waals surface area (Å²) in [6.07, 6.45) is 0. The van der Waals surface area contributed by atoms with E-state index in [0.717, 1.165) is 5.39 Å². The molecule has 2 heterocycles. The van der Waals surface area contributed by atoms with Crippen molar-refractivity contribution in [1.29, 1.82) is 0 Å². The number of ether oxygens (including phenoxy) is 2. The third-order valence-electron chi connectivity index (χ3n) is 5.09. The fourth-order valence-electron chi connectivity index (χ4n) is 3.43. The van der Waals surface area contributed by atoms with Gasteiger partial charge >= 0.3 is 5.97 Å². The van der Waals surface area contributed by atoms with Gasteiger partial charge in [-0.05, 0) is 31.2 Å². The molecule has 9 nitrogen and oxygen atoms in total. The van der Waals surface area contributed by atoms with Crippen LogP contribution in [0, 0.1) is 6.92 Å². The summed E-state index contributed by atoms with van der Waals surface area (Å²) in [5.74, 6) is -1.32. The van der Waals surface area contributed by atoms with Gasteiger partial charge in [-0.1, -0.05) is 24.3 Å². The summed E-state index contributed by atoms with van der Waals surface area (Å²) in [7, 11) is -3.70. The van der Waals surface area contributed by atoms with Crippen LogP contribution in [0.3, 0.4) is 0 Å². The molecule has 3 aromatic rings. The Balaban J connectivity index is 1.39. The zero-order valence-electron chi connectivity index (χ0n) is 17.4. The second kappa shape index (κ2) is 9.11. The fraction of sp³-hybridized carbons (Fsp3) is 0.273. The van der Waals surface area contributed by atoms with Gasteiger partial charge in [0.1, 0.15) is 5.58 Å². The molecule has 0 aliphatic carbocycles. The van der Waals surface area contributed by atoms with Crippen LogP contribution in [0.5, 0.6) is 0 Å². The largest absolute Gasteiger partial charge is 0.450 e. The highest BCUT2D eigenvalue weighted by atomic mass is 32.2. The molecule has 0 bridgehead atoms. The third-order valence-corrected chi connectivity index (χ3v) is 6.98. The van der Waals surface area contributed by atoms with E-state index in [1.807, 2.05) is 12.1 Å². The van der Waals surface area contributed by atoms with Gasteiger partial charge in [0.05, 0.1) is 18.1 Å². The Morgan fingerprint density at radius 3 is 2.59 bits per heavy atom. The lowest BCUT2D eigenvalue weighted by atomic mass is 10.1. The van der Waals surface area contributed by atoms with Crippen LogP contribution in [0.1, 0.15) is 16.1 Å². The summed E-state index contributed by atoms with van der Waals surface area (Å²) in [6.45, 7) is 2.42. The van der Waals surface area contributed by atoms with Crippen molar-refractivity contribution in [3.8, 4) is 0 Å². The van der Waals surface area contributed by atoms with Crippen LogP contribution < -0.4 is 5.32 Å². The number of sulfonamides is 1. The number of aryl methyl sites for hydroxylation is 1. The van der Waals surface area contributed by atoms with Crippen molar-refractivity contribution < 1.29 is 31.9 Å². The van der Waals surface area contributed by atoms with Crippen molar-refractivity contribution in [2.45, 2.75) is 11.8 Å². The summed E-state index contributed by atoms with van der Waals surface area (Å²) in [5, 5.41) is 3.34. The molecular formula is C22H22N2O7S. The molecule has 0 spiro atoms. The molecule has 4 rings (SSSR count). The number of amides is 1. The van der Waals surface area contributed by atoms with Crippen LogP contribution in [-0.2, 0) is 24.3 Å². The Bertz CT molecular complexity index is 1260. The zero-order chi connectivity index (χ0) is 22.7. The molecule has 10 heteroatoms. The summed E-state index contributed by atoms with van der Waals surface area (Å²) < 4.78 is 42.7. The first-order valence-electron chi connectivity index (χ1n) is 9.99. The maximum absolute atomic E-state index is 12.8. The van der Waals surface area contributed by atoms with Gasteiger partial charge in [-0.3, -0.25) is 4.79 Å². The second-order valence-electron chi connectivity index (χ2n) is 7.22. The SMILES string of the molecule is Cc1c(C(=O)OCC(=O)Nc2cccc(S(=O)(=O)N3CCOCC3)c2)oc2ccccc12. The normalized spacial score (nSPS) is 14.9. The van der Waals surface area contributed by atoms with E-state index >= 15 is 0 Å².